The molecular formula is C31H34N2O6. The summed E-state index contributed by atoms with van der Waals surface area (Å²) in [5.74, 6) is -0.893. The Kier molecular flexibility index (Phi) is 8.56. The predicted molar refractivity (Wildman–Crippen MR) is 149 cm³/mol. The van der Waals surface area contributed by atoms with Gasteiger partial charge in [0.15, 0.2) is 11.5 Å². The third kappa shape index (κ3) is 6.07. The molecule has 1 saturated heterocycles. The molecule has 4 rings (SSSR count). The molecule has 39 heavy (non-hydrogen) atoms. The molecule has 0 spiro atoms. The molecule has 3 aromatic carbocycles. The van der Waals surface area contributed by atoms with Gasteiger partial charge in [-0.2, -0.15) is 0 Å². The van der Waals surface area contributed by atoms with Gasteiger partial charge in [0, 0.05) is 12.1 Å². The van der Waals surface area contributed by atoms with E-state index in [9.17, 15) is 19.8 Å². The number of phenolic OH excluding ortho intramolecular Hbond substituents is 1. The van der Waals surface area contributed by atoms with Gasteiger partial charge in [-0.25, -0.2) is 0 Å². The summed E-state index contributed by atoms with van der Waals surface area (Å²) in [4.78, 5) is 30.0. The summed E-state index contributed by atoms with van der Waals surface area (Å²) in [7, 11) is 5.30. The van der Waals surface area contributed by atoms with E-state index in [2.05, 4.69) is 0 Å². The third-order valence-corrected chi connectivity index (χ3v) is 6.75. The van der Waals surface area contributed by atoms with Crippen molar-refractivity contribution in [2.45, 2.75) is 26.0 Å². The summed E-state index contributed by atoms with van der Waals surface area (Å²) >= 11 is 0. The van der Waals surface area contributed by atoms with Crippen LogP contribution in [0, 0.1) is 6.92 Å². The molecule has 1 amide bonds. The number of rotatable bonds is 10. The van der Waals surface area contributed by atoms with E-state index in [0.717, 1.165) is 17.7 Å². The largest absolute Gasteiger partial charge is 0.507 e. The van der Waals surface area contributed by atoms with Gasteiger partial charge in [-0.1, -0.05) is 36.4 Å². The molecule has 0 aliphatic carbocycles. The summed E-state index contributed by atoms with van der Waals surface area (Å²) < 4.78 is 11.2. The van der Waals surface area contributed by atoms with E-state index in [-0.39, 0.29) is 22.8 Å². The lowest BCUT2D eigenvalue weighted by atomic mass is 9.94. The van der Waals surface area contributed by atoms with E-state index in [4.69, 9.17) is 9.47 Å². The van der Waals surface area contributed by atoms with Gasteiger partial charge in [-0.15, -0.1) is 0 Å². The normalized spacial score (nSPS) is 16.6. The molecule has 0 saturated carbocycles. The number of benzene rings is 3. The molecule has 0 bridgehead atoms. The van der Waals surface area contributed by atoms with E-state index in [0.29, 0.717) is 36.4 Å². The van der Waals surface area contributed by atoms with Crippen LogP contribution in [0.1, 0.15) is 34.7 Å². The van der Waals surface area contributed by atoms with Gasteiger partial charge >= 0.3 is 0 Å². The monoisotopic (exact) mass is 530 g/mol. The van der Waals surface area contributed by atoms with E-state index in [1.54, 1.807) is 30.3 Å². The molecular weight excluding hydrogens is 496 g/mol. The SMILES string of the molecule is COc1cc([C@H]2/C(=C(\O)c3ccc(OCc4ccccc4)c(C)c3)C(=O)C(=O)N2CCCN(C)C)ccc1O. The number of carbonyl (C=O) groups excluding carboxylic acids is 2. The average molecular weight is 531 g/mol. The van der Waals surface area contributed by atoms with Crippen LogP contribution in [0.4, 0.5) is 0 Å². The number of carbonyl (C=O) groups is 2. The highest BCUT2D eigenvalue weighted by Gasteiger charge is 2.46. The van der Waals surface area contributed by atoms with Crippen molar-refractivity contribution in [1.82, 2.24) is 9.80 Å². The number of aliphatic hydroxyl groups is 1. The Morgan fingerprint density at radius 2 is 1.74 bits per heavy atom. The number of aromatic hydroxyl groups is 1. The van der Waals surface area contributed by atoms with Crippen LogP contribution >= 0.6 is 0 Å². The van der Waals surface area contributed by atoms with Crippen LogP contribution in [0.15, 0.2) is 72.3 Å². The van der Waals surface area contributed by atoms with Crippen LogP contribution in [-0.2, 0) is 16.2 Å². The van der Waals surface area contributed by atoms with Crippen molar-refractivity contribution in [1.29, 1.82) is 0 Å². The first-order valence-corrected chi connectivity index (χ1v) is 12.8. The number of hydrogen-bond donors (Lipinski definition) is 2. The molecule has 2 N–H and O–H groups in total. The first-order chi connectivity index (χ1) is 18.7. The van der Waals surface area contributed by atoms with Crippen molar-refractivity contribution in [2.75, 3.05) is 34.3 Å². The predicted octanol–water partition coefficient (Wildman–Crippen LogP) is 4.66. The minimum atomic E-state index is -0.837. The zero-order valence-corrected chi connectivity index (χ0v) is 22.7. The molecule has 1 heterocycles. The number of amides is 1. The Hall–Kier alpha value is -4.30. The smallest absolute Gasteiger partial charge is 0.295 e. The molecule has 0 radical (unpaired) electrons. The molecule has 0 unspecified atom stereocenters. The molecule has 1 fully saturated rings. The van der Waals surface area contributed by atoms with Gasteiger partial charge in [0.05, 0.1) is 18.7 Å². The minimum absolute atomic E-state index is 0.00468. The fraction of sp³-hybridized carbons (Fsp3) is 0.290. The van der Waals surface area contributed by atoms with Gasteiger partial charge in [-0.05, 0) is 81.0 Å². The van der Waals surface area contributed by atoms with Gasteiger partial charge in [0.2, 0.25) is 0 Å². The molecule has 8 heteroatoms. The summed E-state index contributed by atoms with van der Waals surface area (Å²) in [5, 5.41) is 21.6. The first-order valence-electron chi connectivity index (χ1n) is 12.8. The summed E-state index contributed by atoms with van der Waals surface area (Å²) in [6.45, 7) is 3.30. The summed E-state index contributed by atoms with van der Waals surface area (Å²) in [6, 6.07) is 18.8. The quantitative estimate of drug-likeness (QED) is 0.223. The van der Waals surface area contributed by atoms with E-state index < -0.39 is 17.7 Å². The Bertz CT molecular complexity index is 1380. The topological polar surface area (TPSA) is 99.5 Å². The molecule has 0 aromatic heterocycles. The van der Waals surface area contributed by atoms with E-state index >= 15 is 0 Å². The number of ketones is 1. The molecule has 8 nitrogen and oxygen atoms in total. The highest BCUT2D eigenvalue weighted by atomic mass is 16.5. The van der Waals surface area contributed by atoms with Crippen LogP contribution in [0.25, 0.3) is 5.76 Å². The van der Waals surface area contributed by atoms with Crippen LogP contribution < -0.4 is 9.47 Å². The van der Waals surface area contributed by atoms with Gasteiger partial charge in [0.1, 0.15) is 18.1 Å². The van der Waals surface area contributed by atoms with E-state index in [1.165, 1.54) is 18.1 Å². The molecule has 1 atom stereocenters. The Balaban J connectivity index is 1.71. The lowest BCUT2D eigenvalue weighted by Crippen LogP contribution is -2.32. The molecule has 1 aliphatic rings. The van der Waals surface area contributed by atoms with E-state index in [1.807, 2.05) is 56.3 Å². The Morgan fingerprint density at radius 1 is 1.00 bits per heavy atom. The standard InChI is InChI=1S/C31H34N2O6/c1-20-17-23(12-14-25(20)39-19-21-9-6-5-7-10-21)29(35)27-28(22-11-13-24(34)26(18-22)38-4)33(31(37)30(27)36)16-8-15-32(2)3/h5-7,9-14,17-18,28,34-35H,8,15-16,19H2,1-4H3/b29-27+/t28-/m0/s1. The highest BCUT2D eigenvalue weighted by Crippen LogP contribution is 2.42. The fourth-order valence-corrected chi connectivity index (χ4v) is 4.73. The van der Waals surface area contributed by atoms with Crippen molar-refractivity contribution in [2.24, 2.45) is 0 Å². The second-order valence-corrected chi connectivity index (χ2v) is 9.84. The summed E-state index contributed by atoms with van der Waals surface area (Å²) in [6.07, 6.45) is 0.637. The van der Waals surface area contributed by atoms with Crippen molar-refractivity contribution in [3.8, 4) is 17.2 Å². The first kappa shape index (κ1) is 27.7. The second kappa shape index (κ2) is 12.0. The number of methoxy groups -OCH3 is 1. The zero-order chi connectivity index (χ0) is 28.1. The van der Waals surface area contributed by atoms with Crippen molar-refractivity contribution in [3.63, 3.8) is 0 Å². The Morgan fingerprint density at radius 3 is 2.41 bits per heavy atom. The number of ether oxygens (including phenoxy) is 2. The maximum Gasteiger partial charge on any atom is 0.295 e. The van der Waals surface area contributed by atoms with Crippen molar-refractivity contribution < 1.29 is 29.3 Å². The van der Waals surface area contributed by atoms with Gasteiger partial charge < -0.3 is 29.5 Å². The van der Waals surface area contributed by atoms with Crippen LogP contribution in [0.2, 0.25) is 0 Å². The van der Waals surface area contributed by atoms with Gasteiger partial charge in [-0.3, -0.25) is 9.59 Å². The zero-order valence-electron chi connectivity index (χ0n) is 22.7. The number of likely N-dealkylation sites (tertiary alicyclic amines) is 1. The lowest BCUT2D eigenvalue weighted by Gasteiger charge is -2.26. The number of hydrogen-bond acceptors (Lipinski definition) is 7. The van der Waals surface area contributed by atoms with Crippen molar-refractivity contribution >= 4 is 17.4 Å². The second-order valence-electron chi connectivity index (χ2n) is 9.84. The van der Waals surface area contributed by atoms with Crippen molar-refractivity contribution in [3.05, 3.63) is 94.6 Å². The molecule has 3 aromatic rings. The Labute approximate surface area is 228 Å². The number of nitrogens with zero attached hydrogens (tertiary/aromatic N) is 2. The number of aliphatic hydroxyl groups excluding tert-OH is 1. The van der Waals surface area contributed by atoms with Gasteiger partial charge in [0.25, 0.3) is 11.7 Å². The summed E-state index contributed by atoms with van der Waals surface area (Å²) in [5.41, 5.74) is 2.76. The maximum absolute atomic E-state index is 13.3. The number of Topliss-reactive ketones (excluding diaryl/α,β-unsaturated/α-hetero) is 1. The fourth-order valence-electron chi connectivity index (χ4n) is 4.73. The van der Waals surface area contributed by atoms with Crippen LogP contribution in [0.5, 0.6) is 17.2 Å². The number of aryl methyl sites for hydroxylation is 1. The third-order valence-electron chi connectivity index (χ3n) is 6.75. The maximum atomic E-state index is 13.3. The number of phenols is 1. The van der Waals surface area contributed by atoms with Crippen LogP contribution in [-0.4, -0.2) is 66.0 Å². The molecule has 1 aliphatic heterocycles. The highest BCUT2D eigenvalue weighted by molar-refractivity contribution is 6.46. The minimum Gasteiger partial charge on any atom is -0.507 e. The lowest BCUT2D eigenvalue weighted by molar-refractivity contribution is -0.139. The average Bonchev–Trinajstić information content (AvgIpc) is 3.17. The molecule has 204 valence electrons. The van der Waals surface area contributed by atoms with Crippen LogP contribution in [0.3, 0.4) is 0 Å².